The van der Waals surface area contributed by atoms with E-state index < -0.39 is 6.04 Å². The Morgan fingerprint density at radius 1 is 0.862 bits per heavy atom. The van der Waals surface area contributed by atoms with Crippen molar-refractivity contribution in [3.8, 4) is 11.5 Å². The lowest BCUT2D eigenvalue weighted by Crippen LogP contribution is -2.29. The van der Waals surface area contributed by atoms with E-state index in [0.717, 1.165) is 16.3 Å². The molecule has 4 heteroatoms. The van der Waals surface area contributed by atoms with Gasteiger partial charge in [-0.1, -0.05) is 60.7 Å². The lowest BCUT2D eigenvalue weighted by atomic mass is 9.92. The maximum atomic E-state index is 13.0. The molecule has 0 saturated heterocycles. The second kappa shape index (κ2) is 8.07. The van der Waals surface area contributed by atoms with Crippen LogP contribution in [0.5, 0.6) is 11.5 Å². The largest absolute Gasteiger partial charge is 0.508 e. The van der Waals surface area contributed by atoms with E-state index in [0.29, 0.717) is 16.9 Å². The van der Waals surface area contributed by atoms with Crippen molar-refractivity contribution in [3.63, 3.8) is 0 Å². The summed E-state index contributed by atoms with van der Waals surface area (Å²) in [5, 5.41) is 15.7. The van der Waals surface area contributed by atoms with Gasteiger partial charge >= 0.3 is 0 Å². The number of hydrogen-bond donors (Lipinski definition) is 2. The summed E-state index contributed by atoms with van der Waals surface area (Å²) in [6, 6.07) is 27.5. The highest BCUT2D eigenvalue weighted by molar-refractivity contribution is 5.96. The van der Waals surface area contributed by atoms with E-state index in [2.05, 4.69) is 5.32 Å². The molecular formula is C25H21NO3. The Balaban J connectivity index is 1.79. The predicted octanol–water partition coefficient (Wildman–Crippen LogP) is 5.07. The summed E-state index contributed by atoms with van der Waals surface area (Å²) in [7, 11) is 1.59. The average Bonchev–Trinajstić information content (AvgIpc) is 2.78. The molecule has 0 heterocycles. The number of amides is 1. The summed E-state index contributed by atoms with van der Waals surface area (Å²) in [5.41, 5.74) is 2.09. The minimum Gasteiger partial charge on any atom is -0.508 e. The summed E-state index contributed by atoms with van der Waals surface area (Å²) in [5.74, 6) is 0.606. The van der Waals surface area contributed by atoms with Gasteiger partial charge in [0.05, 0.1) is 13.2 Å². The number of fused-ring (bicyclic) bond motifs is 1. The van der Waals surface area contributed by atoms with Gasteiger partial charge in [0, 0.05) is 11.1 Å². The predicted molar refractivity (Wildman–Crippen MR) is 114 cm³/mol. The molecule has 0 aliphatic heterocycles. The van der Waals surface area contributed by atoms with E-state index >= 15 is 0 Å². The van der Waals surface area contributed by atoms with Crippen LogP contribution >= 0.6 is 0 Å². The number of rotatable bonds is 5. The van der Waals surface area contributed by atoms with E-state index in [1.165, 1.54) is 0 Å². The first kappa shape index (κ1) is 18.6. The van der Waals surface area contributed by atoms with E-state index in [-0.39, 0.29) is 11.7 Å². The Hall–Kier alpha value is -3.79. The number of hydrogen-bond acceptors (Lipinski definition) is 3. The zero-order valence-electron chi connectivity index (χ0n) is 16.0. The van der Waals surface area contributed by atoms with Crippen molar-refractivity contribution in [2.75, 3.05) is 7.11 Å². The first-order valence-electron chi connectivity index (χ1n) is 9.38. The Morgan fingerprint density at radius 3 is 2.28 bits per heavy atom. The monoisotopic (exact) mass is 383 g/mol. The average molecular weight is 383 g/mol. The fourth-order valence-corrected chi connectivity index (χ4v) is 3.51. The zero-order valence-corrected chi connectivity index (χ0v) is 16.0. The Labute approximate surface area is 169 Å². The zero-order chi connectivity index (χ0) is 20.2. The van der Waals surface area contributed by atoms with Crippen LogP contribution in [-0.4, -0.2) is 18.1 Å². The van der Waals surface area contributed by atoms with Gasteiger partial charge in [-0.2, -0.15) is 0 Å². The van der Waals surface area contributed by atoms with Crippen molar-refractivity contribution in [1.29, 1.82) is 0 Å². The third-order valence-electron chi connectivity index (χ3n) is 5.00. The molecule has 2 N–H and O–H groups in total. The number of carbonyl (C=O) groups is 1. The molecule has 0 saturated carbocycles. The maximum absolute atomic E-state index is 13.0. The Morgan fingerprint density at radius 2 is 1.55 bits per heavy atom. The standard InChI is InChI=1S/C25H21NO3/c1-29-20-14-11-19(12-15-20)25(28)26-24(18-8-3-2-4-9-18)23-21-10-6-5-7-17(21)13-16-22(23)27/h2-16,24,27H,1H3,(H,26,28). The van der Waals surface area contributed by atoms with Crippen LogP contribution in [0.1, 0.15) is 27.5 Å². The molecular weight excluding hydrogens is 362 g/mol. The van der Waals surface area contributed by atoms with Gasteiger partial charge in [-0.05, 0) is 46.7 Å². The number of aromatic hydroxyl groups is 1. The molecule has 0 spiro atoms. The third-order valence-corrected chi connectivity index (χ3v) is 5.00. The van der Waals surface area contributed by atoms with Gasteiger partial charge in [0.25, 0.3) is 5.91 Å². The fourth-order valence-electron chi connectivity index (χ4n) is 3.51. The van der Waals surface area contributed by atoms with Gasteiger partial charge in [0.1, 0.15) is 11.5 Å². The molecule has 0 bridgehead atoms. The van der Waals surface area contributed by atoms with Crippen LogP contribution < -0.4 is 10.1 Å². The first-order chi connectivity index (χ1) is 14.2. The molecule has 4 rings (SSSR count). The van der Waals surface area contributed by atoms with Crippen LogP contribution in [-0.2, 0) is 0 Å². The number of methoxy groups -OCH3 is 1. The summed E-state index contributed by atoms with van der Waals surface area (Å²) in [4.78, 5) is 13.0. The molecule has 144 valence electrons. The maximum Gasteiger partial charge on any atom is 0.252 e. The van der Waals surface area contributed by atoms with Crippen molar-refractivity contribution in [1.82, 2.24) is 5.32 Å². The minimum atomic E-state index is -0.503. The van der Waals surface area contributed by atoms with Crippen molar-refractivity contribution in [2.24, 2.45) is 0 Å². The summed E-state index contributed by atoms with van der Waals surface area (Å²) in [6.45, 7) is 0. The molecule has 0 radical (unpaired) electrons. The van der Waals surface area contributed by atoms with Gasteiger partial charge in [0.2, 0.25) is 0 Å². The SMILES string of the molecule is COc1ccc(C(=O)NC(c2ccccc2)c2c(O)ccc3ccccc23)cc1. The fraction of sp³-hybridized carbons (Fsp3) is 0.0800. The molecule has 4 aromatic rings. The molecule has 0 fully saturated rings. The van der Waals surface area contributed by atoms with Crippen LogP contribution in [0, 0.1) is 0 Å². The molecule has 0 aliphatic rings. The van der Waals surface area contributed by atoms with Gasteiger partial charge in [-0.25, -0.2) is 0 Å². The molecule has 0 aromatic heterocycles. The molecule has 0 aliphatic carbocycles. The molecule has 4 aromatic carbocycles. The topological polar surface area (TPSA) is 58.6 Å². The summed E-state index contributed by atoms with van der Waals surface area (Å²) < 4.78 is 5.17. The molecule has 29 heavy (non-hydrogen) atoms. The number of benzene rings is 4. The number of nitrogens with one attached hydrogen (secondary N) is 1. The highest BCUT2D eigenvalue weighted by Gasteiger charge is 2.23. The highest BCUT2D eigenvalue weighted by Crippen LogP contribution is 2.36. The quantitative estimate of drug-likeness (QED) is 0.506. The van der Waals surface area contributed by atoms with E-state index in [4.69, 9.17) is 4.74 Å². The van der Waals surface area contributed by atoms with Crippen LogP contribution in [0.15, 0.2) is 91.0 Å². The first-order valence-corrected chi connectivity index (χ1v) is 9.38. The number of ether oxygens (including phenoxy) is 1. The highest BCUT2D eigenvalue weighted by atomic mass is 16.5. The lowest BCUT2D eigenvalue weighted by molar-refractivity contribution is 0.0943. The normalized spacial score (nSPS) is 11.8. The summed E-state index contributed by atoms with van der Waals surface area (Å²) in [6.07, 6.45) is 0. The van der Waals surface area contributed by atoms with Crippen molar-refractivity contribution >= 4 is 16.7 Å². The van der Waals surface area contributed by atoms with Crippen LogP contribution in [0.3, 0.4) is 0 Å². The molecule has 1 amide bonds. The van der Waals surface area contributed by atoms with Gasteiger partial charge < -0.3 is 15.2 Å². The van der Waals surface area contributed by atoms with E-state index in [1.54, 1.807) is 37.4 Å². The second-order valence-corrected chi connectivity index (χ2v) is 6.77. The number of phenols is 1. The van der Waals surface area contributed by atoms with Gasteiger partial charge in [-0.3, -0.25) is 4.79 Å². The lowest BCUT2D eigenvalue weighted by Gasteiger charge is -2.23. The van der Waals surface area contributed by atoms with Crippen LogP contribution in [0.2, 0.25) is 0 Å². The smallest absolute Gasteiger partial charge is 0.252 e. The van der Waals surface area contributed by atoms with Crippen molar-refractivity contribution < 1.29 is 14.6 Å². The number of phenolic OH excluding ortho intramolecular Hbond substituents is 1. The van der Waals surface area contributed by atoms with Crippen LogP contribution in [0.4, 0.5) is 0 Å². The second-order valence-electron chi connectivity index (χ2n) is 6.77. The van der Waals surface area contributed by atoms with Crippen molar-refractivity contribution in [3.05, 3.63) is 108 Å². The molecule has 1 unspecified atom stereocenters. The van der Waals surface area contributed by atoms with Gasteiger partial charge in [0.15, 0.2) is 0 Å². The van der Waals surface area contributed by atoms with Gasteiger partial charge in [-0.15, -0.1) is 0 Å². The van der Waals surface area contributed by atoms with Crippen molar-refractivity contribution in [2.45, 2.75) is 6.04 Å². The molecule has 4 nitrogen and oxygen atoms in total. The molecule has 1 atom stereocenters. The Bertz CT molecular complexity index is 1140. The number of carbonyl (C=O) groups excluding carboxylic acids is 1. The van der Waals surface area contributed by atoms with E-state index in [1.807, 2.05) is 60.7 Å². The van der Waals surface area contributed by atoms with Crippen LogP contribution in [0.25, 0.3) is 10.8 Å². The third kappa shape index (κ3) is 3.78. The summed E-state index contributed by atoms with van der Waals surface area (Å²) >= 11 is 0. The Kier molecular flexibility index (Phi) is 5.16. The van der Waals surface area contributed by atoms with E-state index in [9.17, 15) is 9.90 Å². The minimum absolute atomic E-state index is 0.146.